The van der Waals surface area contributed by atoms with Crippen LogP contribution in [0.25, 0.3) is 16.7 Å². The number of nitrogens with two attached hydrogens (primary N) is 1. The topological polar surface area (TPSA) is 81.1 Å². The molecule has 0 saturated heterocycles. The number of hydrazone groups is 1. The highest BCUT2D eigenvalue weighted by Crippen LogP contribution is 2.19. The Morgan fingerprint density at radius 2 is 2.10 bits per heavy atom. The maximum Gasteiger partial charge on any atom is 0.169 e. The lowest BCUT2D eigenvalue weighted by molar-refractivity contribution is 0.895. The summed E-state index contributed by atoms with van der Waals surface area (Å²) in [5, 5.41) is 5.02. The molecule has 0 saturated carbocycles. The van der Waals surface area contributed by atoms with Gasteiger partial charge in [-0.15, -0.1) is 0 Å². The number of rotatable bonds is 3. The molecule has 6 heteroatoms. The molecular weight excluding hydrogens is 264 g/mol. The van der Waals surface area contributed by atoms with Crippen LogP contribution in [0.5, 0.6) is 0 Å². The first-order valence-electron chi connectivity index (χ1n) is 6.59. The van der Waals surface area contributed by atoms with Gasteiger partial charge in [-0.05, 0) is 36.8 Å². The molecule has 6 nitrogen and oxygen atoms in total. The first-order chi connectivity index (χ1) is 10.2. The summed E-state index contributed by atoms with van der Waals surface area (Å²) in [7, 11) is 1.70. The van der Waals surface area contributed by atoms with Crippen molar-refractivity contribution >= 4 is 16.9 Å². The summed E-state index contributed by atoms with van der Waals surface area (Å²) in [6, 6.07) is 7.94. The molecule has 0 aromatic carbocycles. The fourth-order valence-corrected chi connectivity index (χ4v) is 2.20. The zero-order valence-electron chi connectivity index (χ0n) is 11.9. The molecule has 3 rings (SSSR count). The van der Waals surface area contributed by atoms with Crippen LogP contribution >= 0.6 is 0 Å². The van der Waals surface area contributed by atoms with E-state index >= 15 is 0 Å². The first kappa shape index (κ1) is 13.1. The Labute approximate surface area is 122 Å². The maximum absolute atomic E-state index is 5.79. The minimum atomic E-state index is 0.357. The van der Waals surface area contributed by atoms with Crippen molar-refractivity contribution in [2.45, 2.75) is 6.92 Å². The molecule has 0 radical (unpaired) electrons. The summed E-state index contributed by atoms with van der Waals surface area (Å²) in [4.78, 5) is 8.81. The molecule has 3 heterocycles. The van der Waals surface area contributed by atoms with E-state index in [4.69, 9.17) is 5.73 Å². The van der Waals surface area contributed by atoms with Gasteiger partial charge in [0.1, 0.15) is 11.3 Å². The second-order valence-electron chi connectivity index (χ2n) is 4.73. The minimum Gasteiger partial charge on any atom is -0.380 e. The molecule has 0 aliphatic rings. The van der Waals surface area contributed by atoms with Crippen LogP contribution in [0.2, 0.25) is 0 Å². The van der Waals surface area contributed by atoms with E-state index in [-0.39, 0.29) is 0 Å². The van der Waals surface area contributed by atoms with E-state index < -0.39 is 0 Å². The predicted octanol–water partition coefficient (Wildman–Crippen LogP) is 1.57. The van der Waals surface area contributed by atoms with Gasteiger partial charge in [0.25, 0.3) is 0 Å². The van der Waals surface area contributed by atoms with E-state index in [0.29, 0.717) is 11.5 Å². The van der Waals surface area contributed by atoms with Crippen molar-refractivity contribution in [2.75, 3.05) is 7.05 Å². The maximum atomic E-state index is 5.79. The van der Waals surface area contributed by atoms with E-state index in [1.165, 1.54) is 0 Å². The van der Waals surface area contributed by atoms with Crippen molar-refractivity contribution in [1.29, 1.82) is 0 Å². The molecule has 0 aliphatic heterocycles. The lowest BCUT2D eigenvalue weighted by Gasteiger charge is -2.06. The zero-order valence-corrected chi connectivity index (χ0v) is 11.9. The third-order valence-electron chi connectivity index (χ3n) is 3.18. The highest BCUT2D eigenvalue weighted by Gasteiger charge is 2.06. The summed E-state index contributed by atoms with van der Waals surface area (Å²) in [6.07, 6.45) is 5.60. The van der Waals surface area contributed by atoms with Gasteiger partial charge in [0.05, 0.1) is 11.9 Å². The average molecular weight is 280 g/mol. The molecule has 0 spiro atoms. The largest absolute Gasteiger partial charge is 0.380 e. The highest BCUT2D eigenvalue weighted by atomic mass is 15.3. The number of amidine groups is 1. The first-order valence-corrected chi connectivity index (χ1v) is 6.59. The normalized spacial score (nSPS) is 11.8. The van der Waals surface area contributed by atoms with Crippen LogP contribution < -0.4 is 11.2 Å². The monoisotopic (exact) mass is 280 g/mol. The third-order valence-corrected chi connectivity index (χ3v) is 3.18. The summed E-state index contributed by atoms with van der Waals surface area (Å²) in [6.45, 7) is 2.03. The number of fused-ring (bicyclic) bond motifs is 1. The van der Waals surface area contributed by atoms with Gasteiger partial charge in [0.2, 0.25) is 0 Å². The Hall–Kier alpha value is -2.89. The Morgan fingerprint density at radius 1 is 1.24 bits per heavy atom. The molecule has 0 fully saturated rings. The van der Waals surface area contributed by atoms with Crippen LogP contribution in [0.15, 0.2) is 48.0 Å². The summed E-state index contributed by atoms with van der Waals surface area (Å²) < 4.78 is 2.00. The molecule has 3 aromatic rings. The van der Waals surface area contributed by atoms with Crippen molar-refractivity contribution < 1.29 is 0 Å². The van der Waals surface area contributed by atoms with E-state index in [0.717, 1.165) is 22.3 Å². The molecule has 0 amide bonds. The molecule has 0 atom stereocenters. The quantitative estimate of drug-likeness (QED) is 0.433. The molecule has 0 unspecified atom stereocenters. The Morgan fingerprint density at radius 3 is 2.81 bits per heavy atom. The van der Waals surface area contributed by atoms with Crippen LogP contribution in [-0.2, 0) is 0 Å². The van der Waals surface area contributed by atoms with Crippen molar-refractivity contribution in [2.24, 2.45) is 10.8 Å². The van der Waals surface area contributed by atoms with Crippen LogP contribution in [0.3, 0.4) is 0 Å². The molecule has 106 valence electrons. The summed E-state index contributed by atoms with van der Waals surface area (Å²) >= 11 is 0. The number of aromatic nitrogens is 3. The number of pyridine rings is 2. The molecule has 3 N–H and O–H groups in total. The number of hydrogen-bond acceptors (Lipinski definition) is 4. The fourth-order valence-electron chi connectivity index (χ4n) is 2.20. The van der Waals surface area contributed by atoms with Gasteiger partial charge < -0.3 is 11.2 Å². The van der Waals surface area contributed by atoms with Crippen molar-refractivity contribution in [1.82, 2.24) is 20.0 Å². The molecular formula is C15H16N6. The van der Waals surface area contributed by atoms with Gasteiger partial charge in [0.15, 0.2) is 5.84 Å². The Balaban J connectivity index is 2.01. The number of aryl methyl sites for hydroxylation is 1. The van der Waals surface area contributed by atoms with Crippen molar-refractivity contribution in [3.8, 4) is 5.69 Å². The van der Waals surface area contributed by atoms with E-state index in [2.05, 4.69) is 26.6 Å². The second kappa shape index (κ2) is 5.24. The van der Waals surface area contributed by atoms with Crippen molar-refractivity contribution in [3.05, 3.63) is 54.1 Å². The van der Waals surface area contributed by atoms with Crippen LogP contribution in [0, 0.1) is 6.92 Å². The van der Waals surface area contributed by atoms with E-state index in [1.54, 1.807) is 13.2 Å². The molecule has 0 aliphatic carbocycles. The van der Waals surface area contributed by atoms with Gasteiger partial charge in [-0.25, -0.2) is 4.98 Å². The fraction of sp³-hybridized carbons (Fsp3) is 0.133. The number of nitrogens with one attached hydrogen (secondary N) is 1. The van der Waals surface area contributed by atoms with Crippen LogP contribution in [0.4, 0.5) is 0 Å². The molecule has 21 heavy (non-hydrogen) atoms. The minimum absolute atomic E-state index is 0.357. The van der Waals surface area contributed by atoms with Gasteiger partial charge in [0, 0.05) is 24.8 Å². The van der Waals surface area contributed by atoms with E-state index in [9.17, 15) is 0 Å². The van der Waals surface area contributed by atoms with Gasteiger partial charge in [-0.3, -0.25) is 9.55 Å². The van der Waals surface area contributed by atoms with Crippen molar-refractivity contribution in [3.63, 3.8) is 0 Å². The van der Waals surface area contributed by atoms with Gasteiger partial charge >= 0.3 is 0 Å². The number of hydrogen-bond donors (Lipinski definition) is 2. The Kier molecular flexibility index (Phi) is 3.27. The van der Waals surface area contributed by atoms with Crippen LogP contribution in [0.1, 0.15) is 11.3 Å². The smallest absolute Gasteiger partial charge is 0.169 e. The standard InChI is InChI=1S/C15H16N6/c1-10-7-11-5-6-21(15(11)19-8-10)12-3-4-13(18-9-12)14(16)20-17-2/h3-9,17H,1-2H3,(H2,16,20). The zero-order chi connectivity index (χ0) is 14.8. The lowest BCUT2D eigenvalue weighted by Crippen LogP contribution is -2.18. The SMILES string of the molecule is CN/N=C(\N)c1ccc(-n2ccc3cc(C)cnc32)cn1. The number of nitrogens with zero attached hydrogens (tertiary/aromatic N) is 4. The van der Waals surface area contributed by atoms with E-state index in [1.807, 2.05) is 42.1 Å². The summed E-state index contributed by atoms with van der Waals surface area (Å²) in [5.41, 5.74) is 12.1. The molecule has 3 aromatic heterocycles. The third kappa shape index (κ3) is 2.43. The second-order valence-corrected chi connectivity index (χ2v) is 4.73. The summed E-state index contributed by atoms with van der Waals surface area (Å²) in [5.74, 6) is 0.357. The van der Waals surface area contributed by atoms with Gasteiger partial charge in [-0.1, -0.05) is 0 Å². The highest BCUT2D eigenvalue weighted by molar-refractivity contribution is 5.95. The van der Waals surface area contributed by atoms with Gasteiger partial charge in [-0.2, -0.15) is 5.10 Å². The molecule has 0 bridgehead atoms. The average Bonchev–Trinajstić information content (AvgIpc) is 2.90. The predicted molar refractivity (Wildman–Crippen MR) is 83.4 cm³/mol. The lowest BCUT2D eigenvalue weighted by atomic mass is 10.2. The van der Waals surface area contributed by atoms with Crippen LogP contribution in [-0.4, -0.2) is 27.4 Å². The Bertz CT molecular complexity index is 801.